The van der Waals surface area contributed by atoms with Crippen LogP contribution in [0.4, 0.5) is 0 Å². The van der Waals surface area contributed by atoms with Crippen molar-refractivity contribution in [2.24, 2.45) is 0 Å². The number of nitrogens with zero attached hydrogens (tertiary/aromatic N) is 4. The number of hydrogen-bond donors (Lipinski definition) is 0. The molecule has 0 unspecified atom stereocenters. The molecule has 1 fully saturated rings. The topological polar surface area (TPSA) is 77.7 Å². The minimum absolute atomic E-state index is 0.171. The molecule has 3 heterocycles. The predicted octanol–water partition coefficient (Wildman–Crippen LogP) is 3.61. The van der Waals surface area contributed by atoms with Gasteiger partial charge in [-0.2, -0.15) is 0 Å². The van der Waals surface area contributed by atoms with Crippen LogP contribution in [0.1, 0.15) is 24.3 Å². The van der Waals surface area contributed by atoms with E-state index in [0.29, 0.717) is 11.6 Å². The Morgan fingerprint density at radius 2 is 1.78 bits per heavy atom. The SMILES string of the molecule is O=S(=O)(c1cccnc1)n1ccc(C2CC2)c1-c1ccc2nccnc2c1. The quantitative estimate of drug-likeness (QED) is 0.544. The lowest BCUT2D eigenvalue weighted by Gasteiger charge is -2.13. The largest absolute Gasteiger partial charge is 0.269 e. The molecule has 5 rings (SSSR count). The summed E-state index contributed by atoms with van der Waals surface area (Å²) < 4.78 is 27.9. The van der Waals surface area contributed by atoms with Crippen molar-refractivity contribution in [1.82, 2.24) is 18.9 Å². The summed E-state index contributed by atoms with van der Waals surface area (Å²) in [6.45, 7) is 0. The van der Waals surface area contributed by atoms with Gasteiger partial charge in [0.1, 0.15) is 4.90 Å². The first-order chi connectivity index (χ1) is 13.1. The fourth-order valence-corrected chi connectivity index (χ4v) is 4.71. The normalized spacial score (nSPS) is 14.5. The van der Waals surface area contributed by atoms with Crippen molar-refractivity contribution in [3.63, 3.8) is 0 Å². The summed E-state index contributed by atoms with van der Waals surface area (Å²) in [4.78, 5) is 12.8. The maximum absolute atomic E-state index is 13.2. The zero-order chi connectivity index (χ0) is 18.4. The Morgan fingerprint density at radius 3 is 2.52 bits per heavy atom. The second-order valence-corrected chi connectivity index (χ2v) is 8.46. The molecule has 0 N–H and O–H groups in total. The molecule has 7 heteroatoms. The van der Waals surface area contributed by atoms with Gasteiger partial charge in [0, 0.05) is 36.5 Å². The van der Waals surface area contributed by atoms with Crippen LogP contribution in [-0.2, 0) is 10.0 Å². The molecule has 27 heavy (non-hydrogen) atoms. The van der Waals surface area contributed by atoms with Gasteiger partial charge in [0.15, 0.2) is 0 Å². The molecule has 134 valence electrons. The van der Waals surface area contributed by atoms with Crippen LogP contribution in [0.3, 0.4) is 0 Å². The van der Waals surface area contributed by atoms with E-state index in [1.807, 2.05) is 24.3 Å². The molecule has 6 nitrogen and oxygen atoms in total. The summed E-state index contributed by atoms with van der Waals surface area (Å²) in [5, 5.41) is 0. The highest BCUT2D eigenvalue weighted by molar-refractivity contribution is 7.90. The highest BCUT2D eigenvalue weighted by Crippen LogP contribution is 2.45. The van der Waals surface area contributed by atoms with Crippen LogP contribution in [0.25, 0.3) is 22.3 Å². The van der Waals surface area contributed by atoms with Gasteiger partial charge in [-0.25, -0.2) is 12.4 Å². The maximum Gasteiger partial charge on any atom is 0.269 e. The van der Waals surface area contributed by atoms with E-state index in [0.717, 1.165) is 35.0 Å². The van der Waals surface area contributed by atoms with E-state index >= 15 is 0 Å². The molecule has 0 amide bonds. The second kappa shape index (κ2) is 5.99. The highest BCUT2D eigenvalue weighted by Gasteiger charge is 2.31. The van der Waals surface area contributed by atoms with E-state index in [-0.39, 0.29) is 4.90 Å². The third kappa shape index (κ3) is 2.71. The van der Waals surface area contributed by atoms with Crippen molar-refractivity contribution in [1.29, 1.82) is 0 Å². The number of hydrogen-bond acceptors (Lipinski definition) is 5. The number of benzene rings is 1. The first kappa shape index (κ1) is 16.1. The first-order valence-electron chi connectivity index (χ1n) is 8.72. The van der Waals surface area contributed by atoms with Crippen LogP contribution in [0, 0.1) is 0 Å². The first-order valence-corrected chi connectivity index (χ1v) is 10.2. The molecule has 0 aliphatic heterocycles. The van der Waals surface area contributed by atoms with Crippen LogP contribution in [0.15, 0.2) is 72.3 Å². The lowest BCUT2D eigenvalue weighted by molar-refractivity contribution is 0.587. The van der Waals surface area contributed by atoms with Crippen molar-refractivity contribution in [3.8, 4) is 11.3 Å². The van der Waals surface area contributed by atoms with Crippen molar-refractivity contribution < 1.29 is 8.42 Å². The number of aromatic nitrogens is 4. The standard InChI is InChI=1S/C20H16N4O2S/c25-27(26,16-2-1-8-21-13-16)24-11-7-17(14-3-4-14)20(24)15-5-6-18-19(12-15)23-10-9-22-18/h1-2,5-14H,3-4H2. The molecule has 3 aromatic heterocycles. The Balaban J connectivity index is 1.74. The molecule has 1 aliphatic carbocycles. The van der Waals surface area contributed by atoms with Gasteiger partial charge in [-0.3, -0.25) is 15.0 Å². The summed E-state index contributed by atoms with van der Waals surface area (Å²) in [7, 11) is -3.74. The van der Waals surface area contributed by atoms with E-state index in [4.69, 9.17) is 0 Å². The van der Waals surface area contributed by atoms with Gasteiger partial charge in [-0.05, 0) is 54.7 Å². The summed E-state index contributed by atoms with van der Waals surface area (Å²) in [6, 6.07) is 10.8. The molecule has 0 radical (unpaired) electrons. The molecule has 1 saturated carbocycles. The van der Waals surface area contributed by atoms with E-state index in [1.165, 1.54) is 10.2 Å². The van der Waals surface area contributed by atoms with Gasteiger partial charge < -0.3 is 0 Å². The summed E-state index contributed by atoms with van der Waals surface area (Å²) in [6.07, 6.45) is 10.0. The van der Waals surface area contributed by atoms with Crippen LogP contribution in [0.5, 0.6) is 0 Å². The van der Waals surface area contributed by atoms with Crippen LogP contribution in [0.2, 0.25) is 0 Å². The molecular formula is C20H16N4O2S. The maximum atomic E-state index is 13.2. The van der Waals surface area contributed by atoms with E-state index < -0.39 is 10.0 Å². The fourth-order valence-electron chi connectivity index (χ4n) is 3.37. The van der Waals surface area contributed by atoms with E-state index in [2.05, 4.69) is 15.0 Å². The molecule has 0 bridgehead atoms. The van der Waals surface area contributed by atoms with Gasteiger partial charge in [0.05, 0.1) is 16.7 Å². The molecule has 4 aromatic rings. The van der Waals surface area contributed by atoms with Crippen LogP contribution < -0.4 is 0 Å². The molecule has 0 saturated heterocycles. The van der Waals surface area contributed by atoms with E-state index in [9.17, 15) is 8.42 Å². The number of pyridine rings is 1. The smallest absolute Gasteiger partial charge is 0.263 e. The third-order valence-corrected chi connectivity index (χ3v) is 6.49. The van der Waals surface area contributed by atoms with Crippen molar-refractivity contribution in [2.45, 2.75) is 23.7 Å². The molecule has 1 aromatic carbocycles. The Kier molecular flexibility index (Phi) is 3.58. The third-order valence-electron chi connectivity index (χ3n) is 4.83. The summed E-state index contributed by atoms with van der Waals surface area (Å²) in [5.74, 6) is 0.405. The molecule has 1 aliphatic rings. The highest BCUT2D eigenvalue weighted by atomic mass is 32.2. The lowest BCUT2D eigenvalue weighted by atomic mass is 10.0. The monoisotopic (exact) mass is 376 g/mol. The van der Waals surface area contributed by atoms with Gasteiger partial charge >= 0.3 is 0 Å². The lowest BCUT2D eigenvalue weighted by Crippen LogP contribution is -2.14. The minimum Gasteiger partial charge on any atom is -0.263 e. The van der Waals surface area contributed by atoms with Crippen LogP contribution in [-0.4, -0.2) is 27.3 Å². The summed E-state index contributed by atoms with van der Waals surface area (Å²) in [5.41, 5.74) is 4.10. The Labute approximate surface area is 156 Å². The van der Waals surface area contributed by atoms with Crippen molar-refractivity contribution in [2.75, 3.05) is 0 Å². The average molecular weight is 376 g/mol. The van der Waals surface area contributed by atoms with Gasteiger partial charge in [-0.1, -0.05) is 6.07 Å². The number of fused-ring (bicyclic) bond motifs is 1. The predicted molar refractivity (Wildman–Crippen MR) is 102 cm³/mol. The molecular weight excluding hydrogens is 360 g/mol. The molecule has 0 spiro atoms. The van der Waals surface area contributed by atoms with Gasteiger partial charge in [0.25, 0.3) is 10.0 Å². The zero-order valence-corrected chi connectivity index (χ0v) is 15.2. The van der Waals surface area contributed by atoms with Crippen molar-refractivity contribution >= 4 is 21.1 Å². The minimum atomic E-state index is -3.74. The zero-order valence-electron chi connectivity index (χ0n) is 14.4. The average Bonchev–Trinajstić information content (AvgIpc) is 3.46. The Hall–Kier alpha value is -3.06. The van der Waals surface area contributed by atoms with Gasteiger partial charge in [0.2, 0.25) is 0 Å². The summed E-state index contributed by atoms with van der Waals surface area (Å²) >= 11 is 0. The fraction of sp³-hybridized carbons (Fsp3) is 0.150. The van der Waals surface area contributed by atoms with Gasteiger partial charge in [-0.15, -0.1) is 0 Å². The second-order valence-electron chi connectivity index (χ2n) is 6.64. The van der Waals surface area contributed by atoms with Crippen molar-refractivity contribution in [3.05, 3.63) is 72.9 Å². The number of rotatable bonds is 4. The Morgan fingerprint density at radius 1 is 0.963 bits per heavy atom. The van der Waals surface area contributed by atoms with Crippen LogP contribution >= 0.6 is 0 Å². The molecule has 0 atom stereocenters. The van der Waals surface area contributed by atoms with E-state index in [1.54, 1.807) is 36.9 Å². The Bertz CT molecular complexity index is 1250.